The second-order valence-electron chi connectivity index (χ2n) is 4.05. The van der Waals surface area contributed by atoms with Crippen molar-refractivity contribution in [2.45, 2.75) is 26.7 Å². The molecule has 0 bridgehead atoms. The van der Waals surface area contributed by atoms with Gasteiger partial charge in [-0.05, 0) is 19.8 Å². The standard InChI is InChI=1S/C11H17N3O3/c1-7(11(16)17)4-3-5-12-10(15)9-6-13-14-8(9)2/h6-7H,3-5H2,1-2H3,(H,12,15)(H,13,14)(H,16,17). The first kappa shape index (κ1) is 13.2. The Labute approximate surface area is 99.4 Å². The third-order valence-electron chi connectivity index (χ3n) is 2.60. The van der Waals surface area contributed by atoms with Crippen molar-refractivity contribution in [3.63, 3.8) is 0 Å². The maximum absolute atomic E-state index is 11.6. The highest BCUT2D eigenvalue weighted by molar-refractivity contribution is 5.94. The smallest absolute Gasteiger partial charge is 0.306 e. The molecule has 0 spiro atoms. The Morgan fingerprint density at radius 3 is 2.82 bits per heavy atom. The molecule has 94 valence electrons. The van der Waals surface area contributed by atoms with Crippen LogP contribution in [0.4, 0.5) is 0 Å². The van der Waals surface area contributed by atoms with Crippen LogP contribution in [0.2, 0.25) is 0 Å². The molecule has 0 aromatic carbocycles. The summed E-state index contributed by atoms with van der Waals surface area (Å²) in [5, 5.41) is 17.8. The van der Waals surface area contributed by atoms with Crippen LogP contribution in [0, 0.1) is 12.8 Å². The number of hydrogen-bond acceptors (Lipinski definition) is 3. The molecule has 1 rings (SSSR count). The van der Waals surface area contributed by atoms with Gasteiger partial charge in [-0.1, -0.05) is 6.92 Å². The number of carboxylic acid groups (broad SMARTS) is 1. The van der Waals surface area contributed by atoms with E-state index in [1.807, 2.05) is 0 Å². The van der Waals surface area contributed by atoms with Gasteiger partial charge in [0.2, 0.25) is 0 Å². The lowest BCUT2D eigenvalue weighted by molar-refractivity contribution is -0.141. The number of amides is 1. The minimum atomic E-state index is -0.804. The van der Waals surface area contributed by atoms with Gasteiger partial charge in [-0.25, -0.2) is 0 Å². The van der Waals surface area contributed by atoms with Crippen molar-refractivity contribution in [2.75, 3.05) is 6.54 Å². The molecule has 6 nitrogen and oxygen atoms in total. The fourth-order valence-electron chi connectivity index (χ4n) is 1.41. The highest BCUT2D eigenvalue weighted by Crippen LogP contribution is 2.05. The molecule has 1 aromatic heterocycles. The molecule has 0 saturated heterocycles. The summed E-state index contributed by atoms with van der Waals surface area (Å²) < 4.78 is 0. The summed E-state index contributed by atoms with van der Waals surface area (Å²) in [6.45, 7) is 3.90. The van der Waals surface area contributed by atoms with Crippen LogP contribution >= 0.6 is 0 Å². The van der Waals surface area contributed by atoms with Gasteiger partial charge in [0.15, 0.2) is 0 Å². The maximum Gasteiger partial charge on any atom is 0.306 e. The number of nitrogens with one attached hydrogen (secondary N) is 2. The highest BCUT2D eigenvalue weighted by Gasteiger charge is 2.12. The van der Waals surface area contributed by atoms with Crippen molar-refractivity contribution in [1.82, 2.24) is 15.5 Å². The van der Waals surface area contributed by atoms with Crippen LogP contribution in [0.3, 0.4) is 0 Å². The van der Waals surface area contributed by atoms with E-state index in [1.165, 1.54) is 6.20 Å². The van der Waals surface area contributed by atoms with Crippen LogP contribution in [0.15, 0.2) is 6.20 Å². The topological polar surface area (TPSA) is 95.1 Å². The lowest BCUT2D eigenvalue weighted by atomic mass is 10.1. The van der Waals surface area contributed by atoms with E-state index in [2.05, 4.69) is 15.5 Å². The number of carboxylic acids is 1. The summed E-state index contributed by atoms with van der Waals surface area (Å²) in [6.07, 6.45) is 2.68. The maximum atomic E-state index is 11.6. The van der Waals surface area contributed by atoms with Crippen molar-refractivity contribution < 1.29 is 14.7 Å². The number of rotatable bonds is 6. The van der Waals surface area contributed by atoms with Gasteiger partial charge in [-0.15, -0.1) is 0 Å². The Morgan fingerprint density at radius 1 is 1.59 bits per heavy atom. The second-order valence-corrected chi connectivity index (χ2v) is 4.05. The Hall–Kier alpha value is -1.85. The van der Waals surface area contributed by atoms with Gasteiger partial charge in [0.25, 0.3) is 5.91 Å². The van der Waals surface area contributed by atoms with Gasteiger partial charge < -0.3 is 10.4 Å². The molecule has 1 heterocycles. The quantitative estimate of drug-likeness (QED) is 0.644. The number of aryl methyl sites for hydroxylation is 1. The molecule has 1 atom stereocenters. The number of aliphatic carboxylic acids is 1. The second kappa shape index (κ2) is 6.03. The summed E-state index contributed by atoms with van der Waals surface area (Å²) in [4.78, 5) is 22.2. The molecule has 1 amide bonds. The molecule has 0 radical (unpaired) electrons. The first-order chi connectivity index (χ1) is 8.02. The van der Waals surface area contributed by atoms with Crippen molar-refractivity contribution >= 4 is 11.9 Å². The van der Waals surface area contributed by atoms with Gasteiger partial charge in [0.05, 0.1) is 17.7 Å². The molecule has 6 heteroatoms. The molecule has 0 saturated carbocycles. The minimum absolute atomic E-state index is 0.181. The fourth-order valence-corrected chi connectivity index (χ4v) is 1.41. The number of H-pyrrole nitrogens is 1. The van der Waals surface area contributed by atoms with Crippen LogP contribution < -0.4 is 5.32 Å². The van der Waals surface area contributed by atoms with Crippen LogP contribution in [-0.2, 0) is 4.79 Å². The van der Waals surface area contributed by atoms with E-state index in [4.69, 9.17) is 5.11 Å². The molecule has 0 aliphatic heterocycles. The van der Waals surface area contributed by atoms with Crippen LogP contribution in [0.5, 0.6) is 0 Å². The number of aromatic amines is 1. The molecule has 1 aromatic rings. The number of hydrogen-bond donors (Lipinski definition) is 3. The number of carbonyl (C=O) groups is 2. The largest absolute Gasteiger partial charge is 0.481 e. The zero-order valence-electron chi connectivity index (χ0n) is 9.99. The van der Waals surface area contributed by atoms with Crippen molar-refractivity contribution in [3.8, 4) is 0 Å². The summed E-state index contributed by atoms with van der Waals surface area (Å²) in [5.41, 5.74) is 1.25. The van der Waals surface area contributed by atoms with E-state index in [1.54, 1.807) is 13.8 Å². The lowest BCUT2D eigenvalue weighted by Gasteiger charge is -2.07. The summed E-state index contributed by atoms with van der Waals surface area (Å²) in [7, 11) is 0. The number of aromatic nitrogens is 2. The summed E-state index contributed by atoms with van der Waals surface area (Å²) in [6, 6.07) is 0. The van der Waals surface area contributed by atoms with Crippen LogP contribution in [-0.4, -0.2) is 33.7 Å². The van der Waals surface area contributed by atoms with Gasteiger partial charge in [0, 0.05) is 12.2 Å². The lowest BCUT2D eigenvalue weighted by Crippen LogP contribution is -2.25. The molecule has 0 fully saturated rings. The first-order valence-electron chi connectivity index (χ1n) is 5.53. The van der Waals surface area contributed by atoms with Crippen molar-refractivity contribution in [2.24, 2.45) is 5.92 Å². The van der Waals surface area contributed by atoms with Gasteiger partial charge in [-0.3, -0.25) is 14.7 Å². The van der Waals surface area contributed by atoms with E-state index in [9.17, 15) is 9.59 Å². The summed E-state index contributed by atoms with van der Waals surface area (Å²) >= 11 is 0. The van der Waals surface area contributed by atoms with E-state index in [0.717, 1.165) is 5.69 Å². The molecule has 17 heavy (non-hydrogen) atoms. The zero-order chi connectivity index (χ0) is 12.8. The minimum Gasteiger partial charge on any atom is -0.481 e. The van der Waals surface area contributed by atoms with E-state index < -0.39 is 5.97 Å². The van der Waals surface area contributed by atoms with E-state index in [0.29, 0.717) is 24.9 Å². The predicted molar refractivity (Wildman–Crippen MR) is 61.7 cm³/mol. The average Bonchev–Trinajstić information content (AvgIpc) is 2.70. The number of nitrogens with zero attached hydrogens (tertiary/aromatic N) is 1. The third-order valence-corrected chi connectivity index (χ3v) is 2.60. The fraction of sp³-hybridized carbons (Fsp3) is 0.545. The molecular formula is C11H17N3O3. The monoisotopic (exact) mass is 239 g/mol. The van der Waals surface area contributed by atoms with Crippen LogP contribution in [0.1, 0.15) is 35.8 Å². The van der Waals surface area contributed by atoms with Gasteiger partial charge in [-0.2, -0.15) is 5.10 Å². The Kier molecular flexibility index (Phi) is 4.68. The van der Waals surface area contributed by atoms with E-state index in [-0.39, 0.29) is 11.8 Å². The van der Waals surface area contributed by atoms with E-state index >= 15 is 0 Å². The Balaban J connectivity index is 2.26. The molecule has 0 aliphatic carbocycles. The highest BCUT2D eigenvalue weighted by atomic mass is 16.4. The summed E-state index contributed by atoms with van der Waals surface area (Å²) in [5.74, 6) is -1.36. The van der Waals surface area contributed by atoms with Gasteiger partial charge >= 0.3 is 5.97 Å². The zero-order valence-corrected chi connectivity index (χ0v) is 9.99. The van der Waals surface area contributed by atoms with Crippen molar-refractivity contribution in [3.05, 3.63) is 17.5 Å². The Bertz CT molecular complexity index is 400. The average molecular weight is 239 g/mol. The first-order valence-corrected chi connectivity index (χ1v) is 5.53. The molecule has 0 aliphatic rings. The van der Waals surface area contributed by atoms with Crippen LogP contribution in [0.25, 0.3) is 0 Å². The SMILES string of the molecule is Cc1[nH]ncc1C(=O)NCCCC(C)C(=O)O. The molecule has 3 N–H and O–H groups in total. The molecular weight excluding hydrogens is 222 g/mol. The van der Waals surface area contributed by atoms with Gasteiger partial charge in [0.1, 0.15) is 0 Å². The predicted octanol–water partition coefficient (Wildman–Crippen LogP) is 0.949. The number of carbonyl (C=O) groups excluding carboxylic acids is 1. The van der Waals surface area contributed by atoms with Crippen molar-refractivity contribution in [1.29, 1.82) is 0 Å². The molecule has 1 unspecified atom stereocenters. The Morgan fingerprint density at radius 2 is 2.29 bits per heavy atom. The third kappa shape index (κ3) is 3.90. The normalized spacial score (nSPS) is 12.1.